The van der Waals surface area contributed by atoms with E-state index in [9.17, 15) is 22.8 Å². The Kier molecular flexibility index (Phi) is 3.88. The molecule has 0 aliphatic carbocycles. The van der Waals surface area contributed by atoms with Crippen LogP contribution in [0.2, 0.25) is 0 Å². The number of carbonyl (C=O) groups is 1. The first-order valence-corrected chi connectivity index (χ1v) is 6.01. The molecule has 2 rings (SSSR count). The number of aromatic amines is 2. The van der Waals surface area contributed by atoms with Gasteiger partial charge in [-0.25, -0.2) is 13.2 Å². The lowest BCUT2D eigenvalue weighted by atomic mass is 9.88. The Hall–Kier alpha value is -2.51. The van der Waals surface area contributed by atoms with Gasteiger partial charge in [0.25, 0.3) is 5.56 Å². The fourth-order valence-electron chi connectivity index (χ4n) is 2.24. The van der Waals surface area contributed by atoms with Gasteiger partial charge in [0.1, 0.15) is 0 Å². The molecule has 0 aliphatic heterocycles. The fourth-order valence-corrected chi connectivity index (χ4v) is 2.24. The first kappa shape index (κ1) is 14.9. The number of amides is 1. The van der Waals surface area contributed by atoms with Crippen LogP contribution < -0.4 is 11.3 Å². The van der Waals surface area contributed by atoms with Crippen LogP contribution in [0.1, 0.15) is 29.2 Å². The van der Waals surface area contributed by atoms with Crippen LogP contribution in [0.3, 0.4) is 0 Å². The van der Waals surface area contributed by atoms with Crippen molar-refractivity contribution >= 4 is 5.91 Å². The highest BCUT2D eigenvalue weighted by Gasteiger charge is 2.25. The van der Waals surface area contributed by atoms with Crippen molar-refractivity contribution in [1.29, 1.82) is 0 Å². The van der Waals surface area contributed by atoms with Crippen molar-refractivity contribution in [2.45, 2.75) is 19.3 Å². The molecule has 1 atom stereocenters. The second kappa shape index (κ2) is 5.47. The van der Waals surface area contributed by atoms with Crippen LogP contribution in [0.5, 0.6) is 0 Å². The molecular weight excluding hydrogens is 287 g/mol. The van der Waals surface area contributed by atoms with Crippen molar-refractivity contribution in [3.8, 4) is 0 Å². The van der Waals surface area contributed by atoms with Gasteiger partial charge in [-0.05, 0) is 24.6 Å². The molecule has 0 fully saturated rings. The number of hydrogen-bond acceptors (Lipinski definition) is 2. The van der Waals surface area contributed by atoms with Crippen molar-refractivity contribution < 1.29 is 18.0 Å². The maximum atomic E-state index is 13.4. The molecule has 0 radical (unpaired) electrons. The number of nitrogens with two attached hydrogens (primary N) is 1. The lowest BCUT2D eigenvalue weighted by molar-refractivity contribution is -0.118. The second-order valence-corrected chi connectivity index (χ2v) is 4.64. The maximum absolute atomic E-state index is 13.4. The highest BCUT2D eigenvalue weighted by Crippen LogP contribution is 2.29. The number of halogens is 3. The van der Waals surface area contributed by atoms with Crippen LogP contribution in [0, 0.1) is 24.4 Å². The summed E-state index contributed by atoms with van der Waals surface area (Å²) in [4.78, 5) is 22.9. The van der Waals surface area contributed by atoms with Gasteiger partial charge in [0.15, 0.2) is 17.5 Å². The zero-order chi connectivity index (χ0) is 15.7. The highest BCUT2D eigenvalue weighted by molar-refractivity contribution is 5.75. The average molecular weight is 299 g/mol. The number of H-pyrrole nitrogens is 2. The minimum absolute atomic E-state index is 0.0431. The van der Waals surface area contributed by atoms with Gasteiger partial charge in [-0.1, -0.05) is 0 Å². The highest BCUT2D eigenvalue weighted by atomic mass is 19.2. The molecule has 21 heavy (non-hydrogen) atoms. The minimum atomic E-state index is -1.61. The number of aromatic nitrogens is 2. The molecule has 0 saturated carbocycles. The Balaban J connectivity index is 2.62. The molecule has 1 aromatic heterocycles. The van der Waals surface area contributed by atoms with Gasteiger partial charge in [-0.3, -0.25) is 14.7 Å². The predicted octanol–water partition coefficient (Wildman–Crippen LogP) is 1.44. The molecule has 4 N–H and O–H groups in total. The van der Waals surface area contributed by atoms with E-state index in [1.165, 1.54) is 0 Å². The lowest BCUT2D eigenvalue weighted by Gasteiger charge is -2.15. The van der Waals surface area contributed by atoms with Crippen LogP contribution in [0.4, 0.5) is 13.2 Å². The number of aryl methyl sites for hydroxylation is 1. The van der Waals surface area contributed by atoms with E-state index >= 15 is 0 Å². The summed E-state index contributed by atoms with van der Waals surface area (Å²) in [5.74, 6) is -6.14. The fraction of sp³-hybridized carbons (Fsp3) is 0.231. The largest absolute Gasteiger partial charge is 0.370 e. The van der Waals surface area contributed by atoms with E-state index in [1.807, 2.05) is 0 Å². The van der Waals surface area contributed by atoms with E-state index < -0.39 is 34.8 Å². The predicted molar refractivity (Wildman–Crippen MR) is 68.1 cm³/mol. The van der Waals surface area contributed by atoms with E-state index in [0.29, 0.717) is 5.69 Å². The molecule has 1 amide bonds. The third-order valence-corrected chi connectivity index (χ3v) is 3.17. The lowest BCUT2D eigenvalue weighted by Crippen LogP contribution is -2.21. The third-order valence-electron chi connectivity index (χ3n) is 3.17. The molecule has 1 aromatic carbocycles. The zero-order valence-corrected chi connectivity index (χ0v) is 11.0. The average Bonchev–Trinajstić information content (AvgIpc) is 2.72. The van der Waals surface area contributed by atoms with E-state index in [0.717, 1.165) is 12.1 Å². The first-order valence-electron chi connectivity index (χ1n) is 6.01. The summed E-state index contributed by atoms with van der Waals surface area (Å²) >= 11 is 0. The molecule has 8 heteroatoms. The number of hydrogen-bond donors (Lipinski definition) is 3. The monoisotopic (exact) mass is 299 g/mol. The van der Waals surface area contributed by atoms with Gasteiger partial charge >= 0.3 is 0 Å². The Bertz CT molecular complexity index is 728. The van der Waals surface area contributed by atoms with Crippen LogP contribution in [0.15, 0.2) is 16.9 Å². The Morgan fingerprint density at radius 2 is 1.81 bits per heavy atom. The van der Waals surface area contributed by atoms with E-state index in [2.05, 4.69) is 10.2 Å². The second-order valence-electron chi connectivity index (χ2n) is 4.64. The van der Waals surface area contributed by atoms with E-state index in [1.54, 1.807) is 6.92 Å². The van der Waals surface area contributed by atoms with E-state index in [-0.39, 0.29) is 17.5 Å². The maximum Gasteiger partial charge on any atom is 0.267 e. The molecular formula is C13H12F3N3O2. The molecule has 0 spiro atoms. The first-order chi connectivity index (χ1) is 9.81. The molecule has 1 heterocycles. The summed E-state index contributed by atoms with van der Waals surface area (Å²) in [6.45, 7) is 1.55. The summed E-state index contributed by atoms with van der Waals surface area (Å²) in [7, 11) is 0. The molecule has 112 valence electrons. The Morgan fingerprint density at radius 1 is 1.24 bits per heavy atom. The number of benzene rings is 1. The Morgan fingerprint density at radius 3 is 2.24 bits per heavy atom. The van der Waals surface area contributed by atoms with Crippen molar-refractivity contribution in [1.82, 2.24) is 10.2 Å². The van der Waals surface area contributed by atoms with Crippen molar-refractivity contribution in [3.05, 3.63) is 56.8 Å². The Labute approximate surface area is 117 Å². The molecule has 0 aliphatic rings. The summed E-state index contributed by atoms with van der Waals surface area (Å²) < 4.78 is 39.7. The summed E-state index contributed by atoms with van der Waals surface area (Å²) in [5.41, 5.74) is 5.06. The quantitative estimate of drug-likeness (QED) is 0.745. The molecule has 0 unspecified atom stereocenters. The van der Waals surface area contributed by atoms with Crippen LogP contribution in [-0.4, -0.2) is 16.1 Å². The van der Waals surface area contributed by atoms with Gasteiger partial charge in [-0.2, -0.15) is 0 Å². The minimum Gasteiger partial charge on any atom is -0.370 e. The molecule has 0 bridgehead atoms. The standard InChI is InChI=1S/C13H12F3N3O2/c1-5-11(13(21)19-18-5)7(4-10(17)20)6-2-8(14)12(16)9(15)3-6/h2-3,7H,4H2,1H3,(H2,17,20)(H2,18,19,21)/t7-/m0/s1. The summed E-state index contributed by atoms with van der Waals surface area (Å²) in [6.07, 6.45) is -0.341. The number of nitrogens with one attached hydrogen (secondary N) is 2. The summed E-state index contributed by atoms with van der Waals surface area (Å²) in [6, 6.07) is 1.50. The van der Waals surface area contributed by atoms with Crippen molar-refractivity contribution in [2.75, 3.05) is 0 Å². The third kappa shape index (κ3) is 2.83. The molecule has 2 aromatic rings. The zero-order valence-electron chi connectivity index (χ0n) is 11.0. The van der Waals surface area contributed by atoms with E-state index in [4.69, 9.17) is 5.73 Å². The van der Waals surface area contributed by atoms with Crippen molar-refractivity contribution in [2.24, 2.45) is 5.73 Å². The van der Waals surface area contributed by atoms with Gasteiger partial charge < -0.3 is 10.8 Å². The number of rotatable bonds is 4. The smallest absolute Gasteiger partial charge is 0.267 e. The van der Waals surface area contributed by atoms with Crippen molar-refractivity contribution in [3.63, 3.8) is 0 Å². The number of carbonyl (C=O) groups excluding carboxylic acids is 1. The van der Waals surface area contributed by atoms with Gasteiger partial charge in [-0.15, -0.1) is 0 Å². The summed E-state index contributed by atoms with van der Waals surface area (Å²) in [5, 5.41) is 4.86. The number of primary amides is 1. The van der Waals surface area contributed by atoms with Crippen LogP contribution >= 0.6 is 0 Å². The van der Waals surface area contributed by atoms with Crippen LogP contribution in [0.25, 0.3) is 0 Å². The van der Waals surface area contributed by atoms with Crippen LogP contribution in [-0.2, 0) is 4.79 Å². The van der Waals surface area contributed by atoms with Gasteiger partial charge in [0.05, 0.1) is 0 Å². The van der Waals surface area contributed by atoms with Gasteiger partial charge in [0, 0.05) is 23.6 Å². The van der Waals surface area contributed by atoms with Gasteiger partial charge in [0.2, 0.25) is 5.91 Å². The SMILES string of the molecule is Cc1[nH][nH]c(=O)c1[C@@H](CC(N)=O)c1cc(F)c(F)c(F)c1. The molecule has 0 saturated heterocycles. The topological polar surface area (TPSA) is 91.7 Å². The molecule has 5 nitrogen and oxygen atoms in total. The normalized spacial score (nSPS) is 12.4.